The van der Waals surface area contributed by atoms with Crippen molar-refractivity contribution < 1.29 is 14.3 Å². The summed E-state index contributed by atoms with van der Waals surface area (Å²) in [5.41, 5.74) is 0.830. The Bertz CT molecular complexity index is 828. The van der Waals surface area contributed by atoms with E-state index in [2.05, 4.69) is 10.4 Å². The number of alkyl carbamates (subject to hydrolysis) is 1. The first-order valence-electron chi connectivity index (χ1n) is 7.84. The number of aromatic nitrogens is 2. The Balaban J connectivity index is 1.44. The molecule has 1 aromatic carbocycles. The molecule has 0 spiro atoms. The lowest BCUT2D eigenvalue weighted by Crippen LogP contribution is -2.61. The van der Waals surface area contributed by atoms with E-state index in [9.17, 15) is 14.4 Å². The van der Waals surface area contributed by atoms with Gasteiger partial charge in [0.1, 0.15) is 12.3 Å². The van der Waals surface area contributed by atoms with Gasteiger partial charge in [-0.3, -0.25) is 9.59 Å². The van der Waals surface area contributed by atoms with Crippen molar-refractivity contribution in [1.82, 2.24) is 20.0 Å². The van der Waals surface area contributed by atoms with Crippen LogP contribution in [0.2, 0.25) is 0 Å². The Morgan fingerprint density at radius 3 is 2.60 bits per heavy atom. The molecule has 1 aliphatic heterocycles. The molecule has 1 N–H and O–H groups in total. The molecule has 3 rings (SSSR count). The van der Waals surface area contributed by atoms with Crippen molar-refractivity contribution in [3.8, 4) is 0 Å². The molecule has 130 valence electrons. The SMILES string of the molecule is Cn1nc(C(=O)N2CC(NC(=O)OCc3ccccc3)C2)ccc1=O. The number of aryl methyl sites for hydroxylation is 1. The van der Waals surface area contributed by atoms with E-state index in [1.54, 1.807) is 4.90 Å². The molecule has 0 unspecified atom stereocenters. The Morgan fingerprint density at radius 2 is 1.92 bits per heavy atom. The van der Waals surface area contributed by atoms with E-state index < -0.39 is 6.09 Å². The molecule has 1 aliphatic rings. The lowest BCUT2D eigenvalue weighted by molar-refractivity contribution is 0.0537. The van der Waals surface area contributed by atoms with E-state index in [1.807, 2.05) is 30.3 Å². The number of hydrogen-bond donors (Lipinski definition) is 1. The maximum atomic E-state index is 12.2. The highest BCUT2D eigenvalue weighted by Crippen LogP contribution is 2.12. The summed E-state index contributed by atoms with van der Waals surface area (Å²) in [5, 5.41) is 6.64. The number of amides is 2. The fourth-order valence-electron chi connectivity index (χ4n) is 2.45. The molecule has 2 heterocycles. The van der Waals surface area contributed by atoms with Crippen molar-refractivity contribution in [3.63, 3.8) is 0 Å². The highest BCUT2D eigenvalue weighted by atomic mass is 16.5. The predicted molar refractivity (Wildman–Crippen MR) is 88.9 cm³/mol. The summed E-state index contributed by atoms with van der Waals surface area (Å²) in [6.45, 7) is 0.956. The lowest BCUT2D eigenvalue weighted by atomic mass is 10.1. The van der Waals surface area contributed by atoms with Crippen LogP contribution in [-0.2, 0) is 18.4 Å². The third-order valence-corrected chi connectivity index (χ3v) is 3.88. The average Bonchev–Trinajstić information content (AvgIpc) is 2.58. The van der Waals surface area contributed by atoms with E-state index in [4.69, 9.17) is 4.74 Å². The minimum Gasteiger partial charge on any atom is -0.445 e. The van der Waals surface area contributed by atoms with E-state index in [0.717, 1.165) is 10.2 Å². The maximum Gasteiger partial charge on any atom is 0.407 e. The fourth-order valence-corrected chi connectivity index (χ4v) is 2.45. The van der Waals surface area contributed by atoms with Gasteiger partial charge in [-0.25, -0.2) is 9.48 Å². The van der Waals surface area contributed by atoms with Gasteiger partial charge in [-0.1, -0.05) is 30.3 Å². The first kappa shape index (κ1) is 16.7. The van der Waals surface area contributed by atoms with E-state index in [-0.39, 0.29) is 29.8 Å². The second-order valence-electron chi connectivity index (χ2n) is 5.79. The van der Waals surface area contributed by atoms with Gasteiger partial charge < -0.3 is 15.0 Å². The fraction of sp³-hybridized carbons (Fsp3) is 0.294. The van der Waals surface area contributed by atoms with Gasteiger partial charge in [-0.2, -0.15) is 5.10 Å². The van der Waals surface area contributed by atoms with Gasteiger partial charge in [0.05, 0.1) is 6.04 Å². The molecule has 0 saturated carbocycles. The van der Waals surface area contributed by atoms with Crippen LogP contribution >= 0.6 is 0 Å². The molecule has 0 aliphatic carbocycles. The van der Waals surface area contributed by atoms with Crippen LogP contribution in [0.15, 0.2) is 47.3 Å². The number of rotatable bonds is 4. The van der Waals surface area contributed by atoms with Gasteiger partial charge in [0.2, 0.25) is 0 Å². The summed E-state index contributed by atoms with van der Waals surface area (Å²) in [6, 6.07) is 11.9. The molecular formula is C17H18N4O4. The first-order chi connectivity index (χ1) is 12.0. The standard InChI is InChI=1S/C17H18N4O4/c1-20-15(22)8-7-14(19-20)16(23)21-9-13(10-21)18-17(24)25-11-12-5-3-2-4-6-12/h2-8,13H,9-11H2,1H3,(H,18,24). The van der Waals surface area contributed by atoms with Crippen LogP contribution in [0.1, 0.15) is 16.1 Å². The van der Waals surface area contributed by atoms with Crippen molar-refractivity contribution in [2.24, 2.45) is 7.05 Å². The quantitative estimate of drug-likeness (QED) is 0.875. The normalized spacial score (nSPS) is 13.9. The van der Waals surface area contributed by atoms with Gasteiger partial charge in [0, 0.05) is 26.2 Å². The smallest absolute Gasteiger partial charge is 0.407 e. The number of carbonyl (C=O) groups excluding carboxylic acids is 2. The molecule has 1 aromatic heterocycles. The zero-order valence-electron chi connectivity index (χ0n) is 13.7. The highest BCUT2D eigenvalue weighted by molar-refractivity contribution is 5.92. The van der Waals surface area contributed by atoms with Crippen LogP contribution in [0.3, 0.4) is 0 Å². The van der Waals surface area contributed by atoms with Crippen LogP contribution in [0, 0.1) is 0 Å². The number of likely N-dealkylation sites (tertiary alicyclic amines) is 1. The Hall–Kier alpha value is -3.16. The van der Waals surface area contributed by atoms with Crippen LogP contribution in [0.25, 0.3) is 0 Å². The van der Waals surface area contributed by atoms with Crippen molar-refractivity contribution >= 4 is 12.0 Å². The lowest BCUT2D eigenvalue weighted by Gasteiger charge is -2.38. The van der Waals surface area contributed by atoms with Crippen LogP contribution in [0.5, 0.6) is 0 Å². The van der Waals surface area contributed by atoms with Gasteiger partial charge in [0.15, 0.2) is 0 Å². The zero-order chi connectivity index (χ0) is 17.8. The molecule has 1 fully saturated rings. The number of carbonyl (C=O) groups is 2. The molecular weight excluding hydrogens is 324 g/mol. The number of hydrogen-bond acceptors (Lipinski definition) is 5. The third-order valence-electron chi connectivity index (χ3n) is 3.88. The van der Waals surface area contributed by atoms with Crippen LogP contribution < -0.4 is 10.9 Å². The molecule has 8 nitrogen and oxygen atoms in total. The first-order valence-corrected chi connectivity index (χ1v) is 7.84. The summed E-state index contributed by atoms with van der Waals surface area (Å²) in [6.07, 6.45) is -0.513. The Labute approximate surface area is 144 Å². The van der Waals surface area contributed by atoms with Crippen LogP contribution in [-0.4, -0.2) is 45.8 Å². The predicted octanol–water partition coefficient (Wildman–Crippen LogP) is 0.531. The van der Waals surface area contributed by atoms with E-state index >= 15 is 0 Å². The highest BCUT2D eigenvalue weighted by Gasteiger charge is 2.33. The summed E-state index contributed by atoms with van der Waals surface area (Å²) >= 11 is 0. The Morgan fingerprint density at radius 1 is 1.20 bits per heavy atom. The topological polar surface area (TPSA) is 93.5 Å². The monoisotopic (exact) mass is 342 g/mol. The molecule has 1 saturated heterocycles. The zero-order valence-corrected chi connectivity index (χ0v) is 13.7. The number of nitrogens with zero attached hydrogens (tertiary/aromatic N) is 3. The second-order valence-corrected chi connectivity index (χ2v) is 5.79. The van der Waals surface area contributed by atoms with Crippen molar-refractivity contribution in [2.45, 2.75) is 12.6 Å². The summed E-state index contributed by atoms with van der Waals surface area (Å²) in [7, 11) is 1.49. The summed E-state index contributed by atoms with van der Waals surface area (Å²) in [4.78, 5) is 36.8. The van der Waals surface area contributed by atoms with Gasteiger partial charge in [-0.15, -0.1) is 0 Å². The van der Waals surface area contributed by atoms with Gasteiger partial charge >= 0.3 is 6.09 Å². The number of ether oxygens (including phenoxy) is 1. The average molecular weight is 342 g/mol. The Kier molecular flexibility index (Phi) is 4.78. The molecule has 2 amide bonds. The largest absolute Gasteiger partial charge is 0.445 e. The molecule has 0 radical (unpaired) electrons. The molecule has 8 heteroatoms. The molecule has 0 bridgehead atoms. The minimum atomic E-state index is -0.513. The minimum absolute atomic E-state index is 0.153. The molecule has 2 aromatic rings. The van der Waals surface area contributed by atoms with Gasteiger partial charge in [-0.05, 0) is 11.6 Å². The van der Waals surface area contributed by atoms with E-state index in [1.165, 1.54) is 19.2 Å². The summed E-state index contributed by atoms with van der Waals surface area (Å²) < 4.78 is 6.25. The third kappa shape index (κ3) is 4.03. The van der Waals surface area contributed by atoms with Gasteiger partial charge in [0.25, 0.3) is 11.5 Å². The summed E-state index contributed by atoms with van der Waals surface area (Å²) in [5.74, 6) is -0.272. The second kappa shape index (κ2) is 7.16. The van der Waals surface area contributed by atoms with Crippen molar-refractivity contribution in [3.05, 3.63) is 64.1 Å². The number of benzene rings is 1. The van der Waals surface area contributed by atoms with E-state index in [0.29, 0.717) is 13.1 Å². The van der Waals surface area contributed by atoms with Crippen molar-refractivity contribution in [1.29, 1.82) is 0 Å². The van der Waals surface area contributed by atoms with Crippen LogP contribution in [0.4, 0.5) is 4.79 Å². The number of nitrogens with one attached hydrogen (secondary N) is 1. The van der Waals surface area contributed by atoms with Crippen molar-refractivity contribution in [2.75, 3.05) is 13.1 Å². The maximum absolute atomic E-state index is 12.2. The molecule has 0 atom stereocenters. The molecule has 25 heavy (non-hydrogen) atoms.